The molecule has 1 saturated heterocycles. The fourth-order valence-corrected chi connectivity index (χ4v) is 2.43. The zero-order chi connectivity index (χ0) is 16.2. The van der Waals surface area contributed by atoms with Gasteiger partial charge in [-0.15, -0.1) is 0 Å². The van der Waals surface area contributed by atoms with Crippen molar-refractivity contribution in [3.63, 3.8) is 0 Å². The molecule has 120 valence electrons. The number of carbonyl (C=O) groups excluding carboxylic acids is 2. The van der Waals surface area contributed by atoms with Gasteiger partial charge in [0.15, 0.2) is 0 Å². The van der Waals surface area contributed by atoms with Crippen LogP contribution in [0, 0.1) is 6.92 Å². The van der Waals surface area contributed by atoms with Gasteiger partial charge >= 0.3 is 12.1 Å². The average molecular weight is 314 g/mol. The molecule has 8 heteroatoms. The smallest absolute Gasteiger partial charge is 0.325 e. The molecule has 2 aromatic heterocycles. The fourth-order valence-electron chi connectivity index (χ4n) is 2.43. The SMILES string of the molecule is Cc1cc(-c2ccncc2)nn1CCNC(=O)N1CCNC1=O. The van der Waals surface area contributed by atoms with E-state index in [0.717, 1.165) is 17.0 Å². The second-order valence-electron chi connectivity index (χ2n) is 5.25. The van der Waals surface area contributed by atoms with Crippen molar-refractivity contribution in [3.05, 3.63) is 36.3 Å². The molecule has 0 aliphatic carbocycles. The van der Waals surface area contributed by atoms with Crippen molar-refractivity contribution in [1.29, 1.82) is 0 Å². The third-order valence-electron chi connectivity index (χ3n) is 3.66. The quantitative estimate of drug-likeness (QED) is 0.880. The van der Waals surface area contributed by atoms with Crippen LogP contribution in [0.25, 0.3) is 11.3 Å². The van der Waals surface area contributed by atoms with Gasteiger partial charge in [-0.25, -0.2) is 14.5 Å². The largest absolute Gasteiger partial charge is 0.336 e. The molecule has 0 bridgehead atoms. The number of pyridine rings is 1. The van der Waals surface area contributed by atoms with E-state index >= 15 is 0 Å². The number of aryl methyl sites for hydroxylation is 1. The summed E-state index contributed by atoms with van der Waals surface area (Å²) in [5.41, 5.74) is 2.87. The average Bonchev–Trinajstić information content (AvgIpc) is 3.14. The zero-order valence-corrected chi connectivity index (χ0v) is 12.8. The molecule has 0 aromatic carbocycles. The lowest BCUT2D eigenvalue weighted by molar-refractivity contribution is 0.198. The number of hydrogen-bond acceptors (Lipinski definition) is 4. The summed E-state index contributed by atoms with van der Waals surface area (Å²) in [6.07, 6.45) is 3.45. The van der Waals surface area contributed by atoms with Crippen molar-refractivity contribution in [2.24, 2.45) is 0 Å². The molecule has 0 atom stereocenters. The lowest BCUT2D eigenvalue weighted by atomic mass is 10.2. The number of carbonyl (C=O) groups is 2. The molecule has 0 spiro atoms. The molecule has 1 aliphatic rings. The van der Waals surface area contributed by atoms with Crippen molar-refractivity contribution >= 4 is 12.1 Å². The molecule has 1 fully saturated rings. The Kier molecular flexibility index (Phi) is 4.22. The Balaban J connectivity index is 1.57. The van der Waals surface area contributed by atoms with E-state index in [1.807, 2.05) is 29.8 Å². The summed E-state index contributed by atoms with van der Waals surface area (Å²) in [7, 11) is 0. The minimum atomic E-state index is -0.376. The van der Waals surface area contributed by atoms with Crippen LogP contribution in [-0.4, -0.2) is 51.4 Å². The van der Waals surface area contributed by atoms with Gasteiger partial charge in [0.2, 0.25) is 0 Å². The first-order chi connectivity index (χ1) is 11.1. The Morgan fingerprint density at radius 3 is 2.87 bits per heavy atom. The minimum Gasteiger partial charge on any atom is -0.336 e. The molecule has 3 rings (SSSR count). The van der Waals surface area contributed by atoms with Crippen LogP contribution in [0.4, 0.5) is 9.59 Å². The number of urea groups is 2. The number of amides is 4. The number of aromatic nitrogens is 3. The summed E-state index contributed by atoms with van der Waals surface area (Å²) in [6.45, 7) is 3.81. The standard InChI is InChI=1S/C15H18N6O2/c1-11-10-13(12-2-4-16-5-3-12)19-21(11)9-7-18-15(23)20-8-6-17-14(20)22/h2-5,10H,6-9H2,1H3,(H,17,22)(H,18,23). The van der Waals surface area contributed by atoms with Gasteiger partial charge in [-0.05, 0) is 25.1 Å². The lowest BCUT2D eigenvalue weighted by Crippen LogP contribution is -2.42. The van der Waals surface area contributed by atoms with Gasteiger partial charge in [-0.3, -0.25) is 9.67 Å². The van der Waals surface area contributed by atoms with Crippen LogP contribution in [0.3, 0.4) is 0 Å². The number of nitrogens with one attached hydrogen (secondary N) is 2. The molecular formula is C15H18N6O2. The van der Waals surface area contributed by atoms with E-state index in [9.17, 15) is 9.59 Å². The highest BCUT2D eigenvalue weighted by atomic mass is 16.2. The van der Waals surface area contributed by atoms with Crippen LogP contribution in [-0.2, 0) is 6.54 Å². The van der Waals surface area contributed by atoms with E-state index in [4.69, 9.17) is 0 Å². The Bertz CT molecular complexity index is 712. The zero-order valence-electron chi connectivity index (χ0n) is 12.8. The van der Waals surface area contributed by atoms with E-state index in [0.29, 0.717) is 26.2 Å². The van der Waals surface area contributed by atoms with Gasteiger partial charge in [0.05, 0.1) is 12.2 Å². The molecule has 8 nitrogen and oxygen atoms in total. The summed E-state index contributed by atoms with van der Waals surface area (Å²) < 4.78 is 1.83. The first-order valence-electron chi connectivity index (χ1n) is 7.43. The molecule has 2 aromatic rings. The molecule has 0 unspecified atom stereocenters. The second-order valence-corrected chi connectivity index (χ2v) is 5.25. The molecule has 3 heterocycles. The van der Waals surface area contributed by atoms with E-state index in [2.05, 4.69) is 20.7 Å². The number of rotatable bonds is 4. The monoisotopic (exact) mass is 314 g/mol. The maximum Gasteiger partial charge on any atom is 0.325 e. The molecule has 23 heavy (non-hydrogen) atoms. The van der Waals surface area contributed by atoms with Crippen molar-refractivity contribution in [1.82, 2.24) is 30.3 Å². The topological polar surface area (TPSA) is 92.2 Å². The van der Waals surface area contributed by atoms with Crippen molar-refractivity contribution < 1.29 is 9.59 Å². The van der Waals surface area contributed by atoms with Gasteiger partial charge < -0.3 is 10.6 Å². The third kappa shape index (κ3) is 3.31. The normalized spacial score (nSPS) is 14.0. The number of imide groups is 1. The van der Waals surface area contributed by atoms with E-state index in [1.54, 1.807) is 12.4 Å². The molecule has 0 saturated carbocycles. The van der Waals surface area contributed by atoms with Crippen LogP contribution in [0.2, 0.25) is 0 Å². The predicted molar refractivity (Wildman–Crippen MR) is 83.7 cm³/mol. The van der Waals surface area contributed by atoms with E-state index < -0.39 is 0 Å². The molecule has 1 aliphatic heterocycles. The predicted octanol–water partition coefficient (Wildman–Crippen LogP) is 0.988. The van der Waals surface area contributed by atoms with Gasteiger partial charge in [0.1, 0.15) is 0 Å². The van der Waals surface area contributed by atoms with Crippen LogP contribution in [0.5, 0.6) is 0 Å². The molecule has 2 N–H and O–H groups in total. The van der Waals surface area contributed by atoms with Crippen molar-refractivity contribution in [2.75, 3.05) is 19.6 Å². The highest BCUT2D eigenvalue weighted by Crippen LogP contribution is 2.17. The Morgan fingerprint density at radius 2 is 2.17 bits per heavy atom. The molecular weight excluding hydrogens is 296 g/mol. The van der Waals surface area contributed by atoms with Crippen LogP contribution in [0.15, 0.2) is 30.6 Å². The maximum atomic E-state index is 11.9. The Morgan fingerprint density at radius 1 is 1.39 bits per heavy atom. The summed E-state index contributed by atoms with van der Waals surface area (Å²) in [4.78, 5) is 28.4. The van der Waals surface area contributed by atoms with Crippen LogP contribution < -0.4 is 10.6 Å². The first-order valence-corrected chi connectivity index (χ1v) is 7.43. The molecule has 0 radical (unpaired) electrons. The van der Waals surface area contributed by atoms with Gasteiger partial charge in [0, 0.05) is 43.3 Å². The van der Waals surface area contributed by atoms with Crippen molar-refractivity contribution in [3.8, 4) is 11.3 Å². The highest BCUT2D eigenvalue weighted by Gasteiger charge is 2.25. The van der Waals surface area contributed by atoms with Gasteiger partial charge in [-0.1, -0.05) is 0 Å². The fraction of sp³-hybridized carbons (Fsp3) is 0.333. The summed E-state index contributed by atoms with van der Waals surface area (Å²) in [5, 5.41) is 9.86. The Labute approximate surface area is 133 Å². The summed E-state index contributed by atoms with van der Waals surface area (Å²) in [6, 6.07) is 5.07. The Hall–Kier alpha value is -2.90. The van der Waals surface area contributed by atoms with Gasteiger partial charge in [0.25, 0.3) is 0 Å². The van der Waals surface area contributed by atoms with Crippen LogP contribution in [0.1, 0.15) is 5.69 Å². The number of nitrogens with zero attached hydrogens (tertiary/aromatic N) is 4. The van der Waals surface area contributed by atoms with E-state index in [1.165, 1.54) is 4.90 Å². The minimum absolute atomic E-state index is 0.349. The summed E-state index contributed by atoms with van der Waals surface area (Å²) >= 11 is 0. The van der Waals surface area contributed by atoms with Gasteiger partial charge in [-0.2, -0.15) is 5.10 Å². The van der Waals surface area contributed by atoms with E-state index in [-0.39, 0.29) is 12.1 Å². The van der Waals surface area contributed by atoms with Crippen LogP contribution >= 0.6 is 0 Å². The molecule has 4 amide bonds. The second kappa shape index (κ2) is 6.47. The lowest BCUT2D eigenvalue weighted by Gasteiger charge is -2.13. The number of hydrogen-bond donors (Lipinski definition) is 2. The van der Waals surface area contributed by atoms with Crippen molar-refractivity contribution in [2.45, 2.75) is 13.5 Å². The maximum absolute atomic E-state index is 11.9. The third-order valence-corrected chi connectivity index (χ3v) is 3.66. The highest BCUT2D eigenvalue weighted by molar-refractivity contribution is 5.94. The summed E-state index contributed by atoms with van der Waals surface area (Å²) in [5.74, 6) is 0. The first kappa shape index (κ1) is 15.0.